The average Bonchev–Trinajstić information content (AvgIpc) is 3.61. The van der Waals surface area contributed by atoms with E-state index < -0.39 is 125 Å². The molecule has 23 atom stereocenters. The number of ether oxygens (including phenoxy) is 6. The van der Waals surface area contributed by atoms with Crippen LogP contribution in [0, 0.1) is 46.3 Å². The number of hydrogen-bond acceptors (Lipinski definition) is 17. The summed E-state index contributed by atoms with van der Waals surface area (Å²) < 4.78 is 75.2. The van der Waals surface area contributed by atoms with Gasteiger partial charge in [-0.1, -0.05) is 34.6 Å². The molecule has 6 aliphatic rings. The standard InChI is InChI=1S/C41H72O17S.Na/c1-18(2)26(55-38-34(30(46)32(56-38)21(5)58-59(49,50)51)57-37-33(53-9)29(45)31(52-8)20(4)54-37)11-10-19(3)23-17-25(43)35-40(23,7)15-13-27-39(6)14-12-22(42)16-24(39)28(44)36(47)41(27,35)48;/h18-38,42-48H,10-17H2,1-9H3,(H,49,50,51);/q;+1/p-1/t19-,20?,21-,22+,23-,24?,25-,26+,27?,28-,29?,30?,31?,32?,33?,34?,35?,36-,37?,38?,39+,40-,41+;/m1./s1. The molecule has 0 aromatic carbocycles. The summed E-state index contributed by atoms with van der Waals surface area (Å²) in [4.78, 5) is 0. The van der Waals surface area contributed by atoms with Gasteiger partial charge in [0.2, 0.25) is 10.4 Å². The quantitative estimate of drug-likeness (QED) is 0.0563. The normalized spacial score (nSPS) is 49.7. The molecule has 0 spiro atoms. The number of hydrogen-bond donors (Lipinski definition) is 7. The monoisotopic (exact) mass is 890 g/mol. The zero-order valence-corrected chi connectivity index (χ0v) is 39.7. The summed E-state index contributed by atoms with van der Waals surface area (Å²) in [6, 6.07) is 0. The van der Waals surface area contributed by atoms with Crippen LogP contribution in [0.3, 0.4) is 0 Å². The van der Waals surface area contributed by atoms with Crippen LogP contribution in [0.1, 0.15) is 99.8 Å². The number of rotatable bonds is 14. The van der Waals surface area contributed by atoms with Gasteiger partial charge in [-0.3, -0.25) is 4.18 Å². The van der Waals surface area contributed by atoms with Crippen LogP contribution in [0.2, 0.25) is 0 Å². The third-order valence-electron chi connectivity index (χ3n) is 16.1. The maximum atomic E-state index is 12.7. The summed E-state index contributed by atoms with van der Waals surface area (Å²) >= 11 is 0. The molecule has 2 heterocycles. The van der Waals surface area contributed by atoms with Crippen molar-refractivity contribution in [3.63, 3.8) is 0 Å². The zero-order chi connectivity index (χ0) is 43.7. The Kier molecular flexibility index (Phi) is 16.5. The Morgan fingerprint density at radius 2 is 1.45 bits per heavy atom. The molecule has 6 fully saturated rings. The van der Waals surface area contributed by atoms with E-state index in [9.17, 15) is 48.7 Å². The summed E-state index contributed by atoms with van der Waals surface area (Å²) in [5.74, 6) is -1.57. The maximum absolute atomic E-state index is 12.7. The Morgan fingerprint density at radius 3 is 2.05 bits per heavy atom. The van der Waals surface area contributed by atoms with E-state index in [0.29, 0.717) is 51.4 Å². The summed E-state index contributed by atoms with van der Waals surface area (Å²) in [5.41, 5.74) is -2.81. The molecule has 4 aliphatic carbocycles. The van der Waals surface area contributed by atoms with Crippen LogP contribution in [-0.4, -0.2) is 160 Å². The molecule has 0 bridgehead atoms. The Morgan fingerprint density at radius 1 is 0.817 bits per heavy atom. The molecule has 2 aliphatic heterocycles. The first kappa shape index (κ1) is 51.3. The average molecular weight is 891 g/mol. The second-order valence-corrected chi connectivity index (χ2v) is 20.7. The molecule has 0 amide bonds. The third-order valence-corrected chi connectivity index (χ3v) is 16.6. The molecule has 7 N–H and O–H groups in total. The summed E-state index contributed by atoms with van der Waals surface area (Å²) in [6.45, 7) is 13.1. The second-order valence-electron chi connectivity index (χ2n) is 19.7. The van der Waals surface area contributed by atoms with E-state index in [1.54, 1.807) is 6.92 Å². The van der Waals surface area contributed by atoms with Gasteiger partial charge in [-0.2, -0.15) is 0 Å². The van der Waals surface area contributed by atoms with Gasteiger partial charge >= 0.3 is 29.6 Å². The number of fused-ring (bicyclic) bond motifs is 5. The fourth-order valence-corrected chi connectivity index (χ4v) is 13.6. The van der Waals surface area contributed by atoms with Crippen LogP contribution in [0.5, 0.6) is 0 Å². The second kappa shape index (κ2) is 19.3. The van der Waals surface area contributed by atoms with Crippen molar-refractivity contribution in [2.75, 3.05) is 14.2 Å². The van der Waals surface area contributed by atoms with Gasteiger partial charge in [0, 0.05) is 20.1 Å². The fraction of sp³-hybridized carbons (Fsp3) is 1.00. The number of aliphatic hydroxyl groups excluding tert-OH is 6. The molecule has 344 valence electrons. The van der Waals surface area contributed by atoms with Gasteiger partial charge in [0.15, 0.2) is 12.6 Å². The van der Waals surface area contributed by atoms with Crippen molar-refractivity contribution >= 4 is 10.4 Å². The predicted molar refractivity (Wildman–Crippen MR) is 207 cm³/mol. The minimum atomic E-state index is -5.17. The SMILES string of the molecule is COC1C(C)OC(OC2C(O[C@@H](CC[C@@H](C)[C@H]3C[C@@H](O)C4[C@@]5(O)C(CC[C@@]43C)[C@@]3(C)CC[C@H](O)CC3[C@@H](O)[C@H]5O)C(C)C)OC([C@@H](C)OS(=O)(=O)[O-])C2O)C(OC)C1O.[Na+]. The van der Waals surface area contributed by atoms with Crippen LogP contribution in [0.15, 0.2) is 0 Å². The fourth-order valence-electron chi connectivity index (χ4n) is 13.1. The minimum Gasteiger partial charge on any atom is -0.726 e. The molecule has 60 heavy (non-hydrogen) atoms. The first-order valence-corrected chi connectivity index (χ1v) is 22.9. The molecule has 6 rings (SSSR count). The van der Waals surface area contributed by atoms with Crippen LogP contribution >= 0.6 is 0 Å². The van der Waals surface area contributed by atoms with E-state index in [2.05, 4.69) is 25.0 Å². The van der Waals surface area contributed by atoms with E-state index in [0.717, 1.165) is 0 Å². The Labute approximate surface area is 377 Å². The molecule has 4 saturated carbocycles. The van der Waals surface area contributed by atoms with Gasteiger partial charge < -0.3 is 68.7 Å². The molecule has 17 nitrogen and oxygen atoms in total. The zero-order valence-electron chi connectivity index (χ0n) is 36.9. The molecular formula is C41H71NaO17S. The Hall–Kier alpha value is 0.350. The van der Waals surface area contributed by atoms with E-state index >= 15 is 0 Å². The van der Waals surface area contributed by atoms with Crippen molar-refractivity contribution in [3.8, 4) is 0 Å². The Balaban J connectivity index is 0.00000683. The summed E-state index contributed by atoms with van der Waals surface area (Å²) in [5, 5.41) is 80.9. The molecule has 12 unspecified atom stereocenters. The van der Waals surface area contributed by atoms with Crippen LogP contribution in [0.4, 0.5) is 0 Å². The largest absolute Gasteiger partial charge is 1.00 e. The smallest absolute Gasteiger partial charge is 0.726 e. The number of aliphatic hydroxyl groups is 7. The predicted octanol–water partition coefficient (Wildman–Crippen LogP) is -2.03. The van der Waals surface area contributed by atoms with E-state index in [1.165, 1.54) is 21.1 Å². The Bertz CT molecular complexity index is 1550. The molecule has 2 saturated heterocycles. The van der Waals surface area contributed by atoms with Crippen LogP contribution in [-0.2, 0) is 43.0 Å². The molecule has 0 radical (unpaired) electrons. The molecule has 0 aromatic rings. The van der Waals surface area contributed by atoms with Crippen molar-refractivity contribution in [2.24, 2.45) is 46.3 Å². The van der Waals surface area contributed by atoms with Gasteiger partial charge in [0.25, 0.3) is 0 Å². The van der Waals surface area contributed by atoms with E-state index in [-0.39, 0.29) is 59.1 Å². The van der Waals surface area contributed by atoms with Gasteiger partial charge in [0.1, 0.15) is 54.4 Å². The summed E-state index contributed by atoms with van der Waals surface area (Å²) in [6.07, 6.45) is -12.2. The first-order valence-electron chi connectivity index (χ1n) is 21.6. The molecule has 0 aromatic heterocycles. The van der Waals surface area contributed by atoms with Gasteiger partial charge in [-0.05, 0) is 106 Å². The van der Waals surface area contributed by atoms with Crippen molar-refractivity contribution < 1.29 is 111 Å². The van der Waals surface area contributed by atoms with Crippen molar-refractivity contribution in [1.29, 1.82) is 0 Å². The topological polar surface area (TPSA) is 263 Å². The van der Waals surface area contributed by atoms with Gasteiger partial charge in [0.05, 0.1) is 30.5 Å². The third kappa shape index (κ3) is 9.21. The van der Waals surface area contributed by atoms with Gasteiger partial charge in [-0.25, -0.2) is 8.42 Å². The molecule has 19 heteroatoms. The van der Waals surface area contributed by atoms with E-state index in [4.69, 9.17) is 28.4 Å². The maximum Gasteiger partial charge on any atom is 1.00 e. The van der Waals surface area contributed by atoms with E-state index in [1.807, 2.05) is 13.8 Å². The van der Waals surface area contributed by atoms with Crippen molar-refractivity contribution in [2.45, 2.75) is 197 Å². The van der Waals surface area contributed by atoms with Crippen LogP contribution in [0.25, 0.3) is 0 Å². The van der Waals surface area contributed by atoms with Crippen molar-refractivity contribution in [1.82, 2.24) is 0 Å². The molecular weight excluding hydrogens is 819 g/mol. The van der Waals surface area contributed by atoms with Crippen LogP contribution < -0.4 is 29.6 Å². The summed E-state index contributed by atoms with van der Waals surface area (Å²) in [7, 11) is -2.39. The number of methoxy groups -OCH3 is 2. The van der Waals surface area contributed by atoms with Gasteiger partial charge in [-0.15, -0.1) is 0 Å². The first-order chi connectivity index (χ1) is 27.4. The minimum absolute atomic E-state index is 0. The van der Waals surface area contributed by atoms with Crippen molar-refractivity contribution in [3.05, 3.63) is 0 Å².